The van der Waals surface area contributed by atoms with Crippen LogP contribution in [0, 0.1) is 10.8 Å². The zero-order chi connectivity index (χ0) is 9.07. The molecule has 0 radical (unpaired) electrons. The van der Waals surface area contributed by atoms with Crippen LogP contribution in [0.3, 0.4) is 0 Å². The van der Waals surface area contributed by atoms with Gasteiger partial charge in [-0.1, -0.05) is 13.8 Å². The van der Waals surface area contributed by atoms with Crippen LogP contribution in [0.4, 0.5) is 0 Å². The molecule has 0 aliphatic heterocycles. The van der Waals surface area contributed by atoms with E-state index in [1.54, 1.807) is 0 Å². The summed E-state index contributed by atoms with van der Waals surface area (Å²) >= 11 is 0. The summed E-state index contributed by atoms with van der Waals surface area (Å²) in [4.78, 5) is 2.10. The van der Waals surface area contributed by atoms with Gasteiger partial charge in [0.25, 0.3) is 0 Å². The lowest BCUT2D eigenvalue weighted by molar-refractivity contribution is 0.337. The Kier molecular flexibility index (Phi) is 3.52. The zero-order valence-electron chi connectivity index (χ0n) is 7.94. The Labute approximate surface area is 69.1 Å². The van der Waals surface area contributed by atoms with Gasteiger partial charge >= 0.3 is 0 Å². The van der Waals surface area contributed by atoms with Crippen molar-refractivity contribution in [3.05, 3.63) is 0 Å². The van der Waals surface area contributed by atoms with E-state index in [9.17, 15) is 0 Å². The molecule has 0 fully saturated rings. The predicted molar refractivity (Wildman–Crippen MR) is 48.9 cm³/mol. The van der Waals surface area contributed by atoms with E-state index >= 15 is 0 Å². The highest BCUT2D eigenvalue weighted by Gasteiger charge is 2.20. The molecule has 11 heavy (non-hydrogen) atoms. The molecule has 0 aliphatic rings. The van der Waals surface area contributed by atoms with Gasteiger partial charge < -0.3 is 10.6 Å². The highest BCUT2D eigenvalue weighted by Crippen LogP contribution is 2.19. The van der Waals surface area contributed by atoms with Crippen molar-refractivity contribution < 1.29 is 0 Å². The molecular formula is C8H19N3. The second-order valence-corrected chi connectivity index (χ2v) is 3.85. The second-order valence-electron chi connectivity index (χ2n) is 3.85. The normalized spacial score (nSPS) is 12.1. The zero-order valence-corrected chi connectivity index (χ0v) is 7.94. The average molecular weight is 157 g/mol. The number of rotatable bonds is 4. The molecule has 0 bridgehead atoms. The van der Waals surface area contributed by atoms with Crippen molar-refractivity contribution in [3.8, 4) is 0 Å². The van der Waals surface area contributed by atoms with Crippen molar-refractivity contribution in [1.82, 2.24) is 4.90 Å². The van der Waals surface area contributed by atoms with Gasteiger partial charge in [-0.05, 0) is 27.1 Å². The Morgan fingerprint density at radius 1 is 1.45 bits per heavy atom. The van der Waals surface area contributed by atoms with Crippen molar-refractivity contribution >= 4 is 5.84 Å². The SMILES string of the molecule is CN(C)CCC(C)(C)C(=N)N. The van der Waals surface area contributed by atoms with Crippen molar-refractivity contribution in [3.63, 3.8) is 0 Å². The van der Waals surface area contributed by atoms with Gasteiger partial charge in [-0.2, -0.15) is 0 Å². The monoisotopic (exact) mass is 157 g/mol. The number of hydrogen-bond acceptors (Lipinski definition) is 2. The molecule has 0 aromatic carbocycles. The molecule has 0 atom stereocenters. The van der Waals surface area contributed by atoms with Crippen LogP contribution in [0.2, 0.25) is 0 Å². The second kappa shape index (κ2) is 3.72. The molecule has 0 aliphatic carbocycles. The minimum atomic E-state index is -0.149. The first kappa shape index (κ1) is 10.4. The minimum absolute atomic E-state index is 0.149. The third kappa shape index (κ3) is 3.98. The van der Waals surface area contributed by atoms with Crippen molar-refractivity contribution in [2.75, 3.05) is 20.6 Å². The van der Waals surface area contributed by atoms with Crippen LogP contribution < -0.4 is 5.73 Å². The van der Waals surface area contributed by atoms with Gasteiger partial charge in [-0.15, -0.1) is 0 Å². The predicted octanol–water partition coefficient (Wildman–Crippen LogP) is 0.900. The topological polar surface area (TPSA) is 53.1 Å². The van der Waals surface area contributed by atoms with E-state index in [4.69, 9.17) is 11.1 Å². The largest absolute Gasteiger partial charge is 0.387 e. The van der Waals surface area contributed by atoms with Crippen molar-refractivity contribution in [2.24, 2.45) is 11.1 Å². The fraction of sp³-hybridized carbons (Fsp3) is 0.875. The summed E-state index contributed by atoms with van der Waals surface area (Å²) in [6, 6.07) is 0. The number of amidine groups is 1. The third-order valence-corrected chi connectivity index (χ3v) is 1.91. The lowest BCUT2D eigenvalue weighted by Crippen LogP contribution is -2.33. The smallest absolute Gasteiger partial charge is 0.0963 e. The summed E-state index contributed by atoms with van der Waals surface area (Å²) in [5.41, 5.74) is 5.27. The van der Waals surface area contributed by atoms with Gasteiger partial charge in [0.2, 0.25) is 0 Å². The first-order valence-corrected chi connectivity index (χ1v) is 3.85. The highest BCUT2D eigenvalue weighted by atomic mass is 15.0. The molecule has 66 valence electrons. The quantitative estimate of drug-likeness (QED) is 0.470. The maximum absolute atomic E-state index is 7.30. The van der Waals surface area contributed by atoms with Gasteiger partial charge in [-0.3, -0.25) is 5.41 Å². The Bertz CT molecular complexity index is 138. The number of hydrogen-bond donors (Lipinski definition) is 2. The lowest BCUT2D eigenvalue weighted by Gasteiger charge is -2.24. The molecule has 0 amide bonds. The molecule has 0 aromatic rings. The summed E-state index contributed by atoms with van der Waals surface area (Å²) in [5, 5.41) is 7.30. The van der Waals surface area contributed by atoms with E-state index in [0.717, 1.165) is 13.0 Å². The summed E-state index contributed by atoms with van der Waals surface area (Å²) in [5.74, 6) is 0.277. The van der Waals surface area contributed by atoms with E-state index in [0.29, 0.717) is 0 Å². The Hall–Kier alpha value is -0.570. The molecule has 3 N–H and O–H groups in total. The number of nitrogens with two attached hydrogens (primary N) is 1. The number of nitrogens with one attached hydrogen (secondary N) is 1. The fourth-order valence-corrected chi connectivity index (χ4v) is 0.638. The van der Waals surface area contributed by atoms with E-state index in [2.05, 4.69) is 4.90 Å². The van der Waals surface area contributed by atoms with E-state index < -0.39 is 0 Å². The van der Waals surface area contributed by atoms with Crippen LogP contribution >= 0.6 is 0 Å². The van der Waals surface area contributed by atoms with E-state index in [1.807, 2.05) is 27.9 Å². The lowest BCUT2D eigenvalue weighted by atomic mass is 9.88. The van der Waals surface area contributed by atoms with Crippen molar-refractivity contribution in [2.45, 2.75) is 20.3 Å². The summed E-state index contributed by atoms with van der Waals surface area (Å²) in [6.45, 7) is 4.98. The molecule has 3 heteroatoms. The summed E-state index contributed by atoms with van der Waals surface area (Å²) in [6.07, 6.45) is 0.940. The van der Waals surface area contributed by atoms with Crippen LogP contribution in [0.25, 0.3) is 0 Å². The molecule has 0 heterocycles. The maximum Gasteiger partial charge on any atom is 0.0963 e. The van der Waals surface area contributed by atoms with Crippen LogP contribution in [-0.2, 0) is 0 Å². The molecule has 0 unspecified atom stereocenters. The first-order chi connectivity index (χ1) is 4.86. The molecule has 0 saturated carbocycles. The Morgan fingerprint density at radius 3 is 2.18 bits per heavy atom. The van der Waals surface area contributed by atoms with Gasteiger partial charge in [-0.25, -0.2) is 0 Å². The van der Waals surface area contributed by atoms with Gasteiger partial charge in [0.05, 0.1) is 5.84 Å². The standard InChI is InChI=1S/C8H19N3/c1-8(2,7(9)10)5-6-11(3)4/h5-6H2,1-4H3,(H3,9,10). The van der Waals surface area contributed by atoms with Crippen LogP contribution in [0.15, 0.2) is 0 Å². The van der Waals surface area contributed by atoms with Crippen molar-refractivity contribution in [1.29, 1.82) is 5.41 Å². The van der Waals surface area contributed by atoms with Gasteiger partial charge in [0.15, 0.2) is 0 Å². The van der Waals surface area contributed by atoms with Crippen LogP contribution in [0.1, 0.15) is 20.3 Å². The molecular weight excluding hydrogens is 138 g/mol. The Balaban J connectivity index is 3.83. The molecule has 0 rings (SSSR count). The summed E-state index contributed by atoms with van der Waals surface area (Å²) in [7, 11) is 4.05. The van der Waals surface area contributed by atoms with Gasteiger partial charge in [0, 0.05) is 5.41 Å². The van der Waals surface area contributed by atoms with E-state index in [1.165, 1.54) is 0 Å². The minimum Gasteiger partial charge on any atom is -0.387 e. The van der Waals surface area contributed by atoms with Gasteiger partial charge in [0.1, 0.15) is 0 Å². The Morgan fingerprint density at radius 2 is 1.91 bits per heavy atom. The fourth-order valence-electron chi connectivity index (χ4n) is 0.638. The van der Waals surface area contributed by atoms with Crippen LogP contribution in [-0.4, -0.2) is 31.4 Å². The molecule has 0 saturated heterocycles. The van der Waals surface area contributed by atoms with Crippen LogP contribution in [0.5, 0.6) is 0 Å². The van der Waals surface area contributed by atoms with E-state index in [-0.39, 0.29) is 11.3 Å². The molecule has 0 spiro atoms. The third-order valence-electron chi connectivity index (χ3n) is 1.91. The average Bonchev–Trinajstić information content (AvgIpc) is 1.84. The molecule has 3 nitrogen and oxygen atoms in total. The maximum atomic E-state index is 7.30. The summed E-state index contributed by atoms with van der Waals surface area (Å²) < 4.78 is 0. The first-order valence-electron chi connectivity index (χ1n) is 3.85. The highest BCUT2D eigenvalue weighted by molar-refractivity contribution is 5.82. The molecule has 0 aromatic heterocycles. The number of nitrogens with zero attached hydrogens (tertiary/aromatic N) is 1.